The first-order valence-electron chi connectivity index (χ1n) is 7.13. The molecule has 1 amide bonds. The van der Waals surface area contributed by atoms with E-state index < -0.39 is 0 Å². The van der Waals surface area contributed by atoms with Gasteiger partial charge in [-0.15, -0.1) is 0 Å². The Morgan fingerprint density at radius 1 is 1.10 bits per heavy atom. The van der Waals surface area contributed by atoms with Gasteiger partial charge in [0.25, 0.3) is 0 Å². The minimum Gasteiger partial charge on any atom is -0.369 e. The van der Waals surface area contributed by atoms with Crippen LogP contribution in [0.2, 0.25) is 10.0 Å². The third kappa shape index (κ3) is 6.66. The monoisotopic (exact) mass is 331 g/mol. The van der Waals surface area contributed by atoms with Crippen LogP contribution in [-0.4, -0.2) is 48.4 Å². The van der Waals surface area contributed by atoms with Gasteiger partial charge >= 0.3 is 0 Å². The fourth-order valence-electron chi connectivity index (χ4n) is 2.15. The number of amides is 1. The van der Waals surface area contributed by atoms with E-state index in [1.807, 2.05) is 17.0 Å². The van der Waals surface area contributed by atoms with Crippen molar-refractivity contribution in [1.29, 1.82) is 0 Å². The zero-order valence-corrected chi connectivity index (χ0v) is 14.1. The van der Waals surface area contributed by atoms with Crippen molar-refractivity contribution in [3.05, 3.63) is 33.8 Å². The number of carbonyl (C=O) groups excluding carboxylic acids is 1. The van der Waals surface area contributed by atoms with Crippen LogP contribution in [0.1, 0.15) is 19.4 Å². The number of carbonyl (C=O) groups is 1. The lowest BCUT2D eigenvalue weighted by molar-refractivity contribution is -0.119. The fraction of sp³-hybridized carbons (Fsp3) is 0.533. The molecule has 0 heterocycles. The van der Waals surface area contributed by atoms with Crippen LogP contribution >= 0.6 is 23.2 Å². The number of nitrogens with two attached hydrogens (primary N) is 1. The molecule has 0 spiro atoms. The highest BCUT2D eigenvalue weighted by Gasteiger charge is 2.11. The molecule has 6 heteroatoms. The molecule has 0 saturated carbocycles. The van der Waals surface area contributed by atoms with E-state index in [-0.39, 0.29) is 12.5 Å². The second-order valence-electron chi connectivity index (χ2n) is 4.95. The Morgan fingerprint density at radius 2 is 1.71 bits per heavy atom. The summed E-state index contributed by atoms with van der Waals surface area (Å²) >= 11 is 11.9. The highest BCUT2D eigenvalue weighted by molar-refractivity contribution is 6.42. The predicted molar refractivity (Wildman–Crippen MR) is 88.7 cm³/mol. The molecule has 0 bridgehead atoms. The minimum atomic E-state index is -0.324. The molecule has 4 nitrogen and oxygen atoms in total. The topological polar surface area (TPSA) is 49.6 Å². The van der Waals surface area contributed by atoms with Gasteiger partial charge in [0.2, 0.25) is 5.91 Å². The van der Waals surface area contributed by atoms with E-state index in [1.165, 1.54) is 0 Å². The van der Waals surface area contributed by atoms with Crippen LogP contribution in [0, 0.1) is 0 Å². The van der Waals surface area contributed by atoms with E-state index in [0.29, 0.717) is 16.6 Å². The van der Waals surface area contributed by atoms with E-state index in [9.17, 15) is 4.79 Å². The predicted octanol–water partition coefficient (Wildman–Crippen LogP) is 2.62. The third-order valence-corrected chi connectivity index (χ3v) is 4.14. The average molecular weight is 332 g/mol. The SMILES string of the molecule is CCN(CC)CCN(CC(N)=O)Cc1ccc(Cl)c(Cl)c1. The zero-order valence-electron chi connectivity index (χ0n) is 12.6. The van der Waals surface area contributed by atoms with Gasteiger partial charge in [-0.05, 0) is 30.8 Å². The summed E-state index contributed by atoms with van der Waals surface area (Å²) < 4.78 is 0. The first-order chi connectivity index (χ1) is 9.96. The van der Waals surface area contributed by atoms with Crippen LogP contribution in [0.3, 0.4) is 0 Å². The van der Waals surface area contributed by atoms with Crippen LogP contribution in [0.15, 0.2) is 18.2 Å². The maximum atomic E-state index is 11.2. The zero-order chi connectivity index (χ0) is 15.8. The Bertz CT molecular complexity index is 464. The van der Waals surface area contributed by atoms with Gasteiger partial charge in [0.1, 0.15) is 0 Å². The summed E-state index contributed by atoms with van der Waals surface area (Å²) in [6, 6.07) is 5.51. The molecule has 1 aromatic carbocycles. The minimum absolute atomic E-state index is 0.238. The molecule has 0 radical (unpaired) electrons. The van der Waals surface area contributed by atoms with E-state index in [1.54, 1.807) is 6.07 Å². The molecule has 0 aliphatic rings. The molecule has 0 unspecified atom stereocenters. The van der Waals surface area contributed by atoms with Crippen molar-refractivity contribution >= 4 is 29.1 Å². The molecule has 0 aliphatic heterocycles. The van der Waals surface area contributed by atoms with Gasteiger partial charge in [0.15, 0.2) is 0 Å². The van der Waals surface area contributed by atoms with Crippen LogP contribution in [0.4, 0.5) is 0 Å². The molecular weight excluding hydrogens is 309 g/mol. The molecular formula is C15H23Cl2N3O. The molecule has 0 aromatic heterocycles. The summed E-state index contributed by atoms with van der Waals surface area (Å²) in [5, 5.41) is 1.06. The van der Waals surface area contributed by atoms with Crippen molar-refractivity contribution in [3.8, 4) is 0 Å². The van der Waals surface area contributed by atoms with Gasteiger partial charge in [-0.3, -0.25) is 9.69 Å². The number of nitrogens with zero attached hydrogens (tertiary/aromatic N) is 2. The van der Waals surface area contributed by atoms with Crippen LogP contribution < -0.4 is 5.73 Å². The van der Waals surface area contributed by atoms with Crippen molar-refractivity contribution in [1.82, 2.24) is 9.80 Å². The van der Waals surface area contributed by atoms with E-state index in [0.717, 1.165) is 31.7 Å². The van der Waals surface area contributed by atoms with Crippen LogP contribution in [-0.2, 0) is 11.3 Å². The van der Waals surface area contributed by atoms with Crippen LogP contribution in [0.5, 0.6) is 0 Å². The van der Waals surface area contributed by atoms with Gasteiger partial charge < -0.3 is 10.6 Å². The van der Waals surface area contributed by atoms with Crippen molar-refractivity contribution < 1.29 is 4.79 Å². The quantitative estimate of drug-likeness (QED) is 0.756. The van der Waals surface area contributed by atoms with Crippen molar-refractivity contribution in [2.45, 2.75) is 20.4 Å². The second kappa shape index (κ2) is 9.26. The summed E-state index contributed by atoms with van der Waals surface area (Å²) in [7, 11) is 0. The normalized spacial score (nSPS) is 11.3. The molecule has 21 heavy (non-hydrogen) atoms. The standard InChI is InChI=1S/C15H23Cl2N3O/c1-3-19(4-2)7-8-20(11-15(18)21)10-12-5-6-13(16)14(17)9-12/h5-6,9H,3-4,7-8,10-11H2,1-2H3,(H2,18,21). The second-order valence-corrected chi connectivity index (χ2v) is 5.77. The van der Waals surface area contributed by atoms with E-state index in [4.69, 9.17) is 28.9 Å². The molecule has 0 fully saturated rings. The van der Waals surface area contributed by atoms with Gasteiger partial charge in [-0.25, -0.2) is 0 Å². The van der Waals surface area contributed by atoms with E-state index in [2.05, 4.69) is 18.7 Å². The molecule has 0 saturated heterocycles. The number of benzene rings is 1. The molecule has 2 N–H and O–H groups in total. The van der Waals surface area contributed by atoms with Crippen molar-refractivity contribution in [3.63, 3.8) is 0 Å². The maximum Gasteiger partial charge on any atom is 0.231 e. The average Bonchev–Trinajstić information content (AvgIpc) is 2.43. The summed E-state index contributed by atoms with van der Waals surface area (Å²) in [6.45, 7) is 8.79. The first-order valence-corrected chi connectivity index (χ1v) is 7.88. The Kier molecular flexibility index (Phi) is 8.04. The lowest BCUT2D eigenvalue weighted by atomic mass is 10.2. The maximum absolute atomic E-state index is 11.2. The Morgan fingerprint density at radius 3 is 2.24 bits per heavy atom. The number of primary amides is 1. The van der Waals surface area contributed by atoms with Crippen molar-refractivity contribution in [2.75, 3.05) is 32.7 Å². The number of hydrogen-bond acceptors (Lipinski definition) is 3. The number of hydrogen-bond donors (Lipinski definition) is 1. The number of rotatable bonds is 9. The Labute approximate surface area is 136 Å². The highest BCUT2D eigenvalue weighted by Crippen LogP contribution is 2.23. The van der Waals surface area contributed by atoms with Gasteiger partial charge in [0.05, 0.1) is 16.6 Å². The summed E-state index contributed by atoms with van der Waals surface area (Å²) in [5.74, 6) is -0.324. The Hall–Kier alpha value is -0.810. The third-order valence-electron chi connectivity index (χ3n) is 3.40. The van der Waals surface area contributed by atoms with Gasteiger partial charge in [-0.2, -0.15) is 0 Å². The summed E-state index contributed by atoms with van der Waals surface area (Å²) in [5.41, 5.74) is 6.35. The number of likely N-dealkylation sites (N-methyl/N-ethyl adjacent to an activating group) is 1. The molecule has 0 atom stereocenters. The van der Waals surface area contributed by atoms with Crippen LogP contribution in [0.25, 0.3) is 0 Å². The lowest BCUT2D eigenvalue weighted by Crippen LogP contribution is -2.39. The molecule has 118 valence electrons. The molecule has 1 rings (SSSR count). The highest BCUT2D eigenvalue weighted by atomic mass is 35.5. The summed E-state index contributed by atoms with van der Waals surface area (Å²) in [6.07, 6.45) is 0. The van der Waals surface area contributed by atoms with E-state index >= 15 is 0 Å². The molecule has 0 aliphatic carbocycles. The first kappa shape index (κ1) is 18.2. The Balaban J connectivity index is 2.68. The largest absolute Gasteiger partial charge is 0.369 e. The van der Waals surface area contributed by atoms with Crippen molar-refractivity contribution in [2.24, 2.45) is 5.73 Å². The molecule has 1 aromatic rings. The number of halogens is 2. The fourth-order valence-corrected chi connectivity index (χ4v) is 2.47. The smallest absolute Gasteiger partial charge is 0.231 e. The van der Waals surface area contributed by atoms with Gasteiger partial charge in [0, 0.05) is 19.6 Å². The summed E-state index contributed by atoms with van der Waals surface area (Å²) in [4.78, 5) is 15.6. The lowest BCUT2D eigenvalue weighted by Gasteiger charge is -2.25. The van der Waals surface area contributed by atoms with Gasteiger partial charge in [-0.1, -0.05) is 43.1 Å².